The maximum Gasteiger partial charge on any atom is 0.298 e. The van der Waals surface area contributed by atoms with E-state index in [-0.39, 0.29) is 6.71 Å². The van der Waals surface area contributed by atoms with Gasteiger partial charge in [-0.25, -0.2) is 0 Å². The van der Waals surface area contributed by atoms with E-state index in [0.29, 0.717) is 0 Å². The van der Waals surface area contributed by atoms with Gasteiger partial charge in [0.2, 0.25) is 0 Å². The summed E-state index contributed by atoms with van der Waals surface area (Å²) in [6.45, 7) is 6.33. The van der Waals surface area contributed by atoms with Crippen molar-refractivity contribution in [3.05, 3.63) is 60.7 Å². The van der Waals surface area contributed by atoms with Gasteiger partial charge in [-0.2, -0.15) is 0 Å². The molecule has 0 amide bonds. The van der Waals surface area contributed by atoms with Crippen molar-refractivity contribution in [1.82, 2.24) is 4.90 Å². The average Bonchev–Trinajstić information content (AvgIpc) is 2.53. The normalized spacial score (nSPS) is 9.50. The second-order valence-corrected chi connectivity index (χ2v) is 4.68. The van der Waals surface area contributed by atoms with Crippen LogP contribution in [-0.2, 0) is 0 Å². The van der Waals surface area contributed by atoms with Crippen LogP contribution >= 0.6 is 0 Å². The molecular formula is C18H20BN. The van der Waals surface area contributed by atoms with Crippen molar-refractivity contribution in [2.75, 3.05) is 13.1 Å². The fourth-order valence-electron chi connectivity index (χ4n) is 2.19. The minimum atomic E-state index is 0.137. The Labute approximate surface area is 122 Å². The number of nitrogens with zero attached hydrogens (tertiary/aromatic N) is 1. The molecule has 0 bridgehead atoms. The van der Waals surface area contributed by atoms with Crippen molar-refractivity contribution in [3.8, 4) is 11.9 Å². The number of benzene rings is 2. The second kappa shape index (κ2) is 7.45. The van der Waals surface area contributed by atoms with E-state index in [4.69, 9.17) is 0 Å². The fourth-order valence-corrected chi connectivity index (χ4v) is 2.19. The van der Waals surface area contributed by atoms with Gasteiger partial charge in [0, 0.05) is 13.1 Å². The molecule has 2 heteroatoms. The monoisotopic (exact) mass is 261 g/mol. The lowest BCUT2D eigenvalue weighted by molar-refractivity contribution is 0.444. The van der Waals surface area contributed by atoms with Crippen LogP contribution in [0.25, 0.3) is 0 Å². The Kier molecular flexibility index (Phi) is 5.32. The largest absolute Gasteiger partial charge is 0.334 e. The Hall–Kier alpha value is -2.14. The van der Waals surface area contributed by atoms with Gasteiger partial charge >= 0.3 is 0 Å². The number of hydrogen-bond acceptors (Lipinski definition) is 1. The summed E-state index contributed by atoms with van der Waals surface area (Å²) in [5.41, 5.74) is 2.50. The summed E-state index contributed by atoms with van der Waals surface area (Å²) in [7, 11) is 0. The van der Waals surface area contributed by atoms with Gasteiger partial charge in [-0.15, -0.1) is 5.82 Å². The van der Waals surface area contributed by atoms with Crippen LogP contribution in [0.3, 0.4) is 0 Å². The molecule has 0 aromatic heterocycles. The third kappa shape index (κ3) is 3.68. The second-order valence-electron chi connectivity index (χ2n) is 4.68. The van der Waals surface area contributed by atoms with Gasteiger partial charge in [0.25, 0.3) is 6.71 Å². The van der Waals surface area contributed by atoms with E-state index in [0.717, 1.165) is 13.1 Å². The van der Waals surface area contributed by atoms with Gasteiger partial charge in [-0.05, 0) is 19.9 Å². The summed E-state index contributed by atoms with van der Waals surface area (Å²) in [5.74, 6) is 3.43. The van der Waals surface area contributed by atoms with Crippen LogP contribution in [0.2, 0.25) is 0 Å². The molecule has 0 unspecified atom stereocenters. The van der Waals surface area contributed by atoms with E-state index in [2.05, 4.69) is 79.1 Å². The van der Waals surface area contributed by atoms with Gasteiger partial charge in [0.05, 0.1) is 0 Å². The molecule has 0 aliphatic heterocycles. The molecular weight excluding hydrogens is 241 g/mol. The predicted octanol–water partition coefficient (Wildman–Crippen LogP) is 2.14. The Morgan fingerprint density at radius 3 is 1.65 bits per heavy atom. The highest BCUT2D eigenvalue weighted by Crippen LogP contribution is 1.93. The highest BCUT2D eigenvalue weighted by molar-refractivity contribution is 6.91. The molecule has 2 aromatic rings. The molecule has 20 heavy (non-hydrogen) atoms. The molecule has 1 nitrogen and oxygen atoms in total. The Morgan fingerprint density at radius 2 is 1.25 bits per heavy atom. The average molecular weight is 261 g/mol. The van der Waals surface area contributed by atoms with Gasteiger partial charge in [0.1, 0.15) is 0 Å². The third-order valence-corrected chi connectivity index (χ3v) is 3.40. The van der Waals surface area contributed by atoms with E-state index in [9.17, 15) is 0 Å². The number of rotatable bonds is 4. The Bertz CT molecular complexity index is 525. The lowest BCUT2D eigenvalue weighted by atomic mass is 9.41. The van der Waals surface area contributed by atoms with Crippen LogP contribution in [0, 0.1) is 11.9 Å². The van der Waals surface area contributed by atoms with Crippen LogP contribution < -0.4 is 10.9 Å². The zero-order chi connectivity index (χ0) is 14.2. The van der Waals surface area contributed by atoms with Crippen molar-refractivity contribution in [3.63, 3.8) is 0 Å². The third-order valence-electron chi connectivity index (χ3n) is 3.40. The van der Waals surface area contributed by atoms with Crippen LogP contribution in [0.4, 0.5) is 0 Å². The van der Waals surface area contributed by atoms with Gasteiger partial charge < -0.3 is 4.90 Å². The zero-order valence-electron chi connectivity index (χ0n) is 12.2. The molecule has 0 heterocycles. The smallest absolute Gasteiger partial charge is 0.298 e. The van der Waals surface area contributed by atoms with Crippen LogP contribution in [0.15, 0.2) is 60.7 Å². The molecule has 0 spiro atoms. The molecule has 0 aliphatic carbocycles. The molecule has 0 radical (unpaired) electrons. The topological polar surface area (TPSA) is 3.24 Å². The molecule has 0 saturated heterocycles. The Morgan fingerprint density at radius 1 is 0.800 bits per heavy atom. The highest BCUT2D eigenvalue weighted by atomic mass is 15.1. The van der Waals surface area contributed by atoms with Gasteiger partial charge in [-0.1, -0.05) is 71.6 Å². The first kappa shape index (κ1) is 14.3. The zero-order valence-corrected chi connectivity index (χ0v) is 12.2. The minimum Gasteiger partial charge on any atom is -0.334 e. The van der Waals surface area contributed by atoms with E-state index in [1.54, 1.807) is 0 Å². The minimum absolute atomic E-state index is 0.137. The van der Waals surface area contributed by atoms with Gasteiger partial charge in [0.15, 0.2) is 0 Å². The van der Waals surface area contributed by atoms with Crippen LogP contribution in [0.5, 0.6) is 0 Å². The quantitative estimate of drug-likeness (QED) is 0.463. The van der Waals surface area contributed by atoms with Crippen molar-refractivity contribution in [2.45, 2.75) is 13.8 Å². The van der Waals surface area contributed by atoms with E-state index in [1.165, 1.54) is 10.9 Å². The summed E-state index contributed by atoms with van der Waals surface area (Å²) in [6.07, 6.45) is 0. The maximum absolute atomic E-state index is 3.43. The van der Waals surface area contributed by atoms with Gasteiger partial charge in [-0.3, -0.25) is 0 Å². The first-order chi connectivity index (χ1) is 9.85. The standard InChI is InChI=1S/C18H20BN/c1-3-20(4-2)16-15-19(17-11-7-5-8-12-17)18-13-9-6-10-14-18/h5-14H,3-4H2,1-2H3. The first-order valence-corrected chi connectivity index (χ1v) is 7.21. The van der Waals surface area contributed by atoms with Crippen molar-refractivity contribution < 1.29 is 0 Å². The summed E-state index contributed by atoms with van der Waals surface area (Å²) in [5, 5.41) is 0. The predicted molar refractivity (Wildman–Crippen MR) is 88.6 cm³/mol. The fraction of sp³-hybridized carbons (Fsp3) is 0.222. The number of hydrogen-bond donors (Lipinski definition) is 0. The van der Waals surface area contributed by atoms with Crippen molar-refractivity contribution >= 4 is 17.6 Å². The summed E-state index contributed by atoms with van der Waals surface area (Å²) < 4.78 is 0. The van der Waals surface area contributed by atoms with Crippen LogP contribution in [-0.4, -0.2) is 24.7 Å². The SMILES string of the molecule is CCN(C#CB(c1ccccc1)c1ccccc1)CC. The van der Waals surface area contributed by atoms with E-state index in [1.807, 2.05) is 12.1 Å². The molecule has 0 fully saturated rings. The van der Waals surface area contributed by atoms with E-state index >= 15 is 0 Å². The molecule has 2 aromatic carbocycles. The lowest BCUT2D eigenvalue weighted by Gasteiger charge is -2.13. The van der Waals surface area contributed by atoms with E-state index < -0.39 is 0 Å². The Balaban J connectivity index is 2.35. The summed E-state index contributed by atoms with van der Waals surface area (Å²) in [6, 6.07) is 24.3. The van der Waals surface area contributed by atoms with Crippen molar-refractivity contribution in [1.29, 1.82) is 0 Å². The van der Waals surface area contributed by atoms with Crippen LogP contribution in [0.1, 0.15) is 13.8 Å². The molecule has 0 atom stereocenters. The molecule has 100 valence electrons. The summed E-state index contributed by atoms with van der Waals surface area (Å²) >= 11 is 0. The molecule has 0 saturated carbocycles. The summed E-state index contributed by atoms with van der Waals surface area (Å²) in [4.78, 5) is 2.14. The lowest BCUT2D eigenvalue weighted by Crippen LogP contribution is -2.41. The maximum atomic E-state index is 3.43. The highest BCUT2D eigenvalue weighted by Gasteiger charge is 2.16. The van der Waals surface area contributed by atoms with Crippen molar-refractivity contribution in [2.24, 2.45) is 0 Å². The molecule has 0 N–H and O–H groups in total. The molecule has 0 aliphatic rings. The molecule has 2 rings (SSSR count). The first-order valence-electron chi connectivity index (χ1n) is 7.21.